The molecule has 17 heavy (non-hydrogen) atoms. The van der Waals surface area contributed by atoms with Gasteiger partial charge in [-0.3, -0.25) is 0 Å². The molecule has 0 spiro atoms. The van der Waals surface area contributed by atoms with Gasteiger partial charge in [0.25, 0.3) is 0 Å². The SMILES string of the molecule is CCC(CCCC(C)C)CC(C)C(C)C(C)C. The highest BCUT2D eigenvalue weighted by Gasteiger charge is 2.19. The molecule has 0 aromatic rings. The van der Waals surface area contributed by atoms with Crippen LogP contribution in [0.15, 0.2) is 0 Å². The van der Waals surface area contributed by atoms with Gasteiger partial charge >= 0.3 is 0 Å². The molecule has 0 saturated heterocycles. The molecular weight excluding hydrogens is 204 g/mol. The Hall–Kier alpha value is 0. The van der Waals surface area contributed by atoms with E-state index in [0.29, 0.717) is 0 Å². The van der Waals surface area contributed by atoms with Crippen LogP contribution in [0.3, 0.4) is 0 Å². The zero-order valence-electron chi connectivity index (χ0n) is 13.4. The fraction of sp³-hybridized carbons (Fsp3) is 1.00. The van der Waals surface area contributed by atoms with Crippen molar-refractivity contribution < 1.29 is 0 Å². The number of hydrogen-bond donors (Lipinski definition) is 0. The molecule has 0 aromatic heterocycles. The highest BCUT2D eigenvalue weighted by Crippen LogP contribution is 2.29. The monoisotopic (exact) mass is 240 g/mol. The van der Waals surface area contributed by atoms with E-state index in [9.17, 15) is 0 Å². The molecule has 0 aromatic carbocycles. The third-order valence-electron chi connectivity index (χ3n) is 4.63. The van der Waals surface area contributed by atoms with E-state index < -0.39 is 0 Å². The molecule has 104 valence electrons. The average molecular weight is 240 g/mol. The van der Waals surface area contributed by atoms with Crippen LogP contribution < -0.4 is 0 Å². The lowest BCUT2D eigenvalue weighted by molar-refractivity contribution is 0.234. The summed E-state index contributed by atoms with van der Waals surface area (Å²) >= 11 is 0. The first-order valence-corrected chi connectivity index (χ1v) is 7.88. The van der Waals surface area contributed by atoms with Crippen molar-refractivity contribution in [3.63, 3.8) is 0 Å². The maximum atomic E-state index is 2.45. The number of rotatable bonds is 9. The van der Waals surface area contributed by atoms with E-state index in [1.807, 2.05) is 0 Å². The van der Waals surface area contributed by atoms with Crippen LogP contribution in [0, 0.1) is 29.6 Å². The van der Waals surface area contributed by atoms with E-state index in [4.69, 9.17) is 0 Å². The van der Waals surface area contributed by atoms with Crippen molar-refractivity contribution in [1.82, 2.24) is 0 Å². The summed E-state index contributed by atoms with van der Waals surface area (Å²) < 4.78 is 0. The minimum Gasteiger partial charge on any atom is -0.0651 e. The van der Waals surface area contributed by atoms with Crippen molar-refractivity contribution in [2.75, 3.05) is 0 Å². The topological polar surface area (TPSA) is 0 Å². The van der Waals surface area contributed by atoms with Gasteiger partial charge in [-0.25, -0.2) is 0 Å². The molecule has 0 amide bonds. The Morgan fingerprint density at radius 2 is 1.41 bits per heavy atom. The Morgan fingerprint density at radius 1 is 0.824 bits per heavy atom. The molecule has 0 heteroatoms. The van der Waals surface area contributed by atoms with Crippen LogP contribution in [-0.4, -0.2) is 0 Å². The molecule has 3 atom stereocenters. The molecule has 0 rings (SSSR count). The van der Waals surface area contributed by atoms with Gasteiger partial charge in [0.2, 0.25) is 0 Å². The molecule has 0 heterocycles. The van der Waals surface area contributed by atoms with Crippen molar-refractivity contribution in [2.24, 2.45) is 29.6 Å². The van der Waals surface area contributed by atoms with Crippen molar-refractivity contribution in [1.29, 1.82) is 0 Å². The fourth-order valence-corrected chi connectivity index (χ4v) is 2.70. The summed E-state index contributed by atoms with van der Waals surface area (Å²) in [6.45, 7) is 16.6. The average Bonchev–Trinajstić information content (AvgIpc) is 2.25. The summed E-state index contributed by atoms with van der Waals surface area (Å²) in [6, 6.07) is 0. The first-order chi connectivity index (χ1) is 7.88. The predicted molar refractivity (Wildman–Crippen MR) is 80.3 cm³/mol. The standard InChI is InChI=1S/C17H36/c1-8-17(11-9-10-13(2)3)12-15(6)16(7)14(4)5/h13-17H,8-12H2,1-7H3. The molecule has 0 saturated carbocycles. The molecule has 0 fully saturated rings. The van der Waals surface area contributed by atoms with Crippen molar-refractivity contribution in [2.45, 2.75) is 80.6 Å². The van der Waals surface area contributed by atoms with Gasteiger partial charge in [-0.2, -0.15) is 0 Å². The second kappa shape index (κ2) is 9.00. The lowest BCUT2D eigenvalue weighted by atomic mass is 9.79. The van der Waals surface area contributed by atoms with E-state index >= 15 is 0 Å². The summed E-state index contributed by atoms with van der Waals surface area (Å²) in [5, 5.41) is 0. The van der Waals surface area contributed by atoms with Gasteiger partial charge in [0.1, 0.15) is 0 Å². The summed E-state index contributed by atoms with van der Waals surface area (Å²) in [6.07, 6.45) is 7.09. The molecule has 0 radical (unpaired) electrons. The highest BCUT2D eigenvalue weighted by atomic mass is 14.2. The van der Waals surface area contributed by atoms with Crippen LogP contribution in [0.2, 0.25) is 0 Å². The van der Waals surface area contributed by atoms with E-state index in [0.717, 1.165) is 29.6 Å². The quantitative estimate of drug-likeness (QED) is 0.453. The summed E-state index contributed by atoms with van der Waals surface area (Å²) in [7, 11) is 0. The largest absolute Gasteiger partial charge is 0.0651 e. The summed E-state index contributed by atoms with van der Waals surface area (Å²) in [4.78, 5) is 0. The molecule has 0 bridgehead atoms. The molecule has 3 unspecified atom stereocenters. The number of hydrogen-bond acceptors (Lipinski definition) is 0. The van der Waals surface area contributed by atoms with Crippen LogP contribution >= 0.6 is 0 Å². The fourth-order valence-electron chi connectivity index (χ4n) is 2.70. The second-order valence-electron chi connectivity index (χ2n) is 6.92. The van der Waals surface area contributed by atoms with Gasteiger partial charge in [-0.15, -0.1) is 0 Å². The van der Waals surface area contributed by atoms with Gasteiger partial charge in [0, 0.05) is 0 Å². The molecule has 0 nitrogen and oxygen atoms in total. The molecular formula is C17H36. The van der Waals surface area contributed by atoms with Crippen LogP contribution in [0.4, 0.5) is 0 Å². The Balaban J connectivity index is 3.95. The van der Waals surface area contributed by atoms with Crippen molar-refractivity contribution in [3.05, 3.63) is 0 Å². The molecule has 0 aliphatic heterocycles. The molecule has 0 aliphatic rings. The lowest BCUT2D eigenvalue weighted by Crippen LogP contribution is -2.17. The maximum absolute atomic E-state index is 2.45. The van der Waals surface area contributed by atoms with Crippen molar-refractivity contribution >= 4 is 0 Å². The van der Waals surface area contributed by atoms with Crippen LogP contribution in [-0.2, 0) is 0 Å². The van der Waals surface area contributed by atoms with Gasteiger partial charge in [-0.1, -0.05) is 74.1 Å². The van der Waals surface area contributed by atoms with Crippen molar-refractivity contribution in [3.8, 4) is 0 Å². The van der Waals surface area contributed by atoms with Gasteiger partial charge in [0.05, 0.1) is 0 Å². The molecule has 0 N–H and O–H groups in total. The Kier molecular flexibility index (Phi) is 9.00. The predicted octanol–water partition coefficient (Wildman–Crippen LogP) is 6.16. The maximum Gasteiger partial charge on any atom is -0.0394 e. The van der Waals surface area contributed by atoms with Crippen LogP contribution in [0.25, 0.3) is 0 Å². The summed E-state index contributed by atoms with van der Waals surface area (Å²) in [5.41, 5.74) is 0. The Labute approximate surface area is 111 Å². The van der Waals surface area contributed by atoms with E-state index in [2.05, 4.69) is 48.5 Å². The lowest BCUT2D eigenvalue weighted by Gasteiger charge is -2.27. The first kappa shape index (κ1) is 17.0. The normalized spacial score (nSPS) is 17.5. The van der Waals surface area contributed by atoms with Gasteiger partial charge in [-0.05, 0) is 36.0 Å². The third-order valence-corrected chi connectivity index (χ3v) is 4.63. The highest BCUT2D eigenvalue weighted by molar-refractivity contribution is 4.70. The minimum absolute atomic E-state index is 0.832. The van der Waals surface area contributed by atoms with E-state index in [1.165, 1.54) is 32.1 Å². The zero-order valence-corrected chi connectivity index (χ0v) is 13.4. The van der Waals surface area contributed by atoms with E-state index in [1.54, 1.807) is 0 Å². The zero-order chi connectivity index (χ0) is 13.4. The minimum atomic E-state index is 0.832. The molecule has 0 aliphatic carbocycles. The van der Waals surface area contributed by atoms with Crippen LogP contribution in [0.5, 0.6) is 0 Å². The Bertz CT molecular complexity index is 169. The van der Waals surface area contributed by atoms with Crippen LogP contribution in [0.1, 0.15) is 80.6 Å². The Morgan fingerprint density at radius 3 is 1.82 bits per heavy atom. The smallest absolute Gasteiger partial charge is 0.0394 e. The summed E-state index contributed by atoms with van der Waals surface area (Å²) in [5.74, 6) is 4.43. The van der Waals surface area contributed by atoms with Gasteiger partial charge < -0.3 is 0 Å². The van der Waals surface area contributed by atoms with Gasteiger partial charge in [0.15, 0.2) is 0 Å². The van der Waals surface area contributed by atoms with E-state index in [-0.39, 0.29) is 0 Å². The first-order valence-electron chi connectivity index (χ1n) is 7.88. The second-order valence-corrected chi connectivity index (χ2v) is 6.92. The third kappa shape index (κ3) is 7.84.